The molecule has 0 bridgehead atoms. The van der Waals surface area contributed by atoms with Crippen molar-refractivity contribution in [1.29, 1.82) is 0 Å². The van der Waals surface area contributed by atoms with Crippen LogP contribution >= 0.6 is 0 Å². The molecule has 1 N–H and O–H groups in total. The van der Waals surface area contributed by atoms with Crippen molar-refractivity contribution in [1.82, 2.24) is 10.2 Å². The Morgan fingerprint density at radius 1 is 1.05 bits per heavy atom. The molecule has 2 aliphatic rings. The van der Waals surface area contributed by atoms with Crippen LogP contribution in [0.15, 0.2) is 0 Å². The van der Waals surface area contributed by atoms with Gasteiger partial charge < -0.3 is 5.32 Å². The van der Waals surface area contributed by atoms with Crippen molar-refractivity contribution in [2.75, 3.05) is 26.2 Å². The van der Waals surface area contributed by atoms with Gasteiger partial charge in [0, 0.05) is 19.1 Å². The fourth-order valence-corrected chi connectivity index (χ4v) is 4.26. The molecular weight excluding hydrogens is 232 g/mol. The Balaban J connectivity index is 1.99. The summed E-state index contributed by atoms with van der Waals surface area (Å²) in [5, 5.41) is 3.67. The summed E-state index contributed by atoms with van der Waals surface area (Å²) in [5.41, 5.74) is 0.574. The summed E-state index contributed by atoms with van der Waals surface area (Å²) < 4.78 is 0. The van der Waals surface area contributed by atoms with Gasteiger partial charge in [-0.3, -0.25) is 4.90 Å². The molecule has 1 saturated carbocycles. The fourth-order valence-electron chi connectivity index (χ4n) is 4.26. The maximum absolute atomic E-state index is 3.67. The second kappa shape index (κ2) is 7.64. The van der Waals surface area contributed by atoms with Crippen LogP contribution in [0.2, 0.25) is 0 Å². The predicted octanol–water partition coefficient (Wildman–Crippen LogP) is 3.81. The lowest BCUT2D eigenvalue weighted by Crippen LogP contribution is -2.45. The van der Waals surface area contributed by atoms with Crippen LogP contribution in [-0.4, -0.2) is 37.1 Å². The molecule has 2 rings (SSSR count). The van der Waals surface area contributed by atoms with Crippen LogP contribution in [0.1, 0.15) is 71.6 Å². The van der Waals surface area contributed by atoms with E-state index >= 15 is 0 Å². The van der Waals surface area contributed by atoms with Gasteiger partial charge in [0.05, 0.1) is 0 Å². The molecule has 0 spiro atoms. The Morgan fingerprint density at radius 3 is 2.42 bits per heavy atom. The zero-order valence-corrected chi connectivity index (χ0v) is 13.2. The van der Waals surface area contributed by atoms with Gasteiger partial charge in [-0.05, 0) is 50.6 Å². The van der Waals surface area contributed by atoms with Gasteiger partial charge in [-0.2, -0.15) is 0 Å². The molecule has 19 heavy (non-hydrogen) atoms. The van der Waals surface area contributed by atoms with Crippen molar-refractivity contribution in [2.24, 2.45) is 5.41 Å². The van der Waals surface area contributed by atoms with E-state index in [0.29, 0.717) is 5.41 Å². The van der Waals surface area contributed by atoms with Gasteiger partial charge in [0.15, 0.2) is 0 Å². The van der Waals surface area contributed by atoms with Crippen molar-refractivity contribution >= 4 is 0 Å². The monoisotopic (exact) mass is 266 g/mol. The molecule has 2 heteroatoms. The van der Waals surface area contributed by atoms with Gasteiger partial charge in [0.25, 0.3) is 0 Å². The Hall–Kier alpha value is -0.0800. The van der Waals surface area contributed by atoms with Crippen molar-refractivity contribution in [2.45, 2.75) is 77.7 Å². The van der Waals surface area contributed by atoms with Crippen molar-refractivity contribution in [3.63, 3.8) is 0 Å². The standard InChI is InChI=1S/C17H34N2/c1-3-16-10-9-13-19(16)15-17(14-18-4-2)11-7-5-6-8-12-17/h16,18H,3-15H2,1-2H3. The molecule has 1 unspecified atom stereocenters. The predicted molar refractivity (Wildman–Crippen MR) is 83.6 cm³/mol. The average molecular weight is 266 g/mol. The first-order chi connectivity index (χ1) is 9.29. The molecule has 0 radical (unpaired) electrons. The Bertz CT molecular complexity index is 244. The Kier molecular flexibility index (Phi) is 6.15. The second-order valence-corrected chi connectivity index (χ2v) is 6.87. The molecule has 2 fully saturated rings. The molecule has 112 valence electrons. The molecule has 0 aromatic rings. The highest BCUT2D eigenvalue weighted by molar-refractivity contribution is 4.90. The van der Waals surface area contributed by atoms with Crippen molar-refractivity contribution in [3.05, 3.63) is 0 Å². The highest BCUT2D eigenvalue weighted by Crippen LogP contribution is 2.37. The zero-order chi connectivity index (χ0) is 13.6. The Labute approximate surface area is 120 Å². The number of hydrogen-bond donors (Lipinski definition) is 1. The lowest BCUT2D eigenvalue weighted by atomic mass is 9.79. The van der Waals surface area contributed by atoms with Crippen LogP contribution in [-0.2, 0) is 0 Å². The van der Waals surface area contributed by atoms with E-state index in [9.17, 15) is 0 Å². The first-order valence-corrected chi connectivity index (χ1v) is 8.74. The van der Waals surface area contributed by atoms with Crippen LogP contribution in [0.25, 0.3) is 0 Å². The zero-order valence-electron chi connectivity index (χ0n) is 13.2. The van der Waals surface area contributed by atoms with E-state index < -0.39 is 0 Å². The van der Waals surface area contributed by atoms with E-state index in [-0.39, 0.29) is 0 Å². The topological polar surface area (TPSA) is 15.3 Å². The third-order valence-electron chi connectivity index (χ3n) is 5.42. The molecule has 1 aliphatic heterocycles. The number of likely N-dealkylation sites (tertiary alicyclic amines) is 1. The lowest BCUT2D eigenvalue weighted by molar-refractivity contribution is 0.116. The third-order valence-corrected chi connectivity index (χ3v) is 5.42. The van der Waals surface area contributed by atoms with E-state index in [0.717, 1.165) is 12.6 Å². The smallest absolute Gasteiger partial charge is 0.00933 e. The normalized spacial score (nSPS) is 28.4. The summed E-state index contributed by atoms with van der Waals surface area (Å²) >= 11 is 0. The minimum absolute atomic E-state index is 0.574. The first-order valence-electron chi connectivity index (χ1n) is 8.74. The molecule has 1 aliphatic carbocycles. The maximum Gasteiger partial charge on any atom is 0.00933 e. The van der Waals surface area contributed by atoms with Gasteiger partial charge in [-0.15, -0.1) is 0 Å². The molecule has 0 aromatic heterocycles. The molecule has 0 aromatic carbocycles. The first kappa shape index (κ1) is 15.3. The summed E-state index contributed by atoms with van der Waals surface area (Å²) in [4.78, 5) is 2.82. The van der Waals surface area contributed by atoms with Crippen LogP contribution < -0.4 is 5.32 Å². The summed E-state index contributed by atoms with van der Waals surface area (Å²) in [7, 11) is 0. The number of hydrogen-bond acceptors (Lipinski definition) is 2. The highest BCUT2D eigenvalue weighted by Gasteiger charge is 2.35. The van der Waals surface area contributed by atoms with Crippen LogP contribution in [0.4, 0.5) is 0 Å². The van der Waals surface area contributed by atoms with Gasteiger partial charge in [0.1, 0.15) is 0 Å². The van der Waals surface area contributed by atoms with Gasteiger partial charge in [-0.1, -0.05) is 39.5 Å². The SMILES string of the molecule is CCNCC1(CN2CCCC2CC)CCCCCC1. The van der Waals surface area contributed by atoms with E-state index in [2.05, 4.69) is 24.1 Å². The fraction of sp³-hybridized carbons (Fsp3) is 1.00. The molecule has 1 atom stereocenters. The summed E-state index contributed by atoms with van der Waals surface area (Å²) in [6, 6.07) is 0.877. The highest BCUT2D eigenvalue weighted by atomic mass is 15.2. The maximum atomic E-state index is 3.67. The molecular formula is C17H34N2. The molecule has 2 nitrogen and oxygen atoms in total. The average Bonchev–Trinajstić information content (AvgIpc) is 2.74. The van der Waals surface area contributed by atoms with Crippen molar-refractivity contribution < 1.29 is 0 Å². The van der Waals surface area contributed by atoms with E-state index in [1.165, 1.54) is 77.4 Å². The number of nitrogens with one attached hydrogen (secondary N) is 1. The molecule has 1 heterocycles. The minimum atomic E-state index is 0.574. The quantitative estimate of drug-likeness (QED) is 0.735. The van der Waals surface area contributed by atoms with Crippen LogP contribution in [0.3, 0.4) is 0 Å². The van der Waals surface area contributed by atoms with E-state index in [1.54, 1.807) is 0 Å². The van der Waals surface area contributed by atoms with Crippen LogP contribution in [0, 0.1) is 5.41 Å². The summed E-state index contributed by atoms with van der Waals surface area (Å²) in [5.74, 6) is 0. The number of rotatable bonds is 6. The molecule has 1 saturated heterocycles. The van der Waals surface area contributed by atoms with Gasteiger partial charge >= 0.3 is 0 Å². The molecule has 0 amide bonds. The Morgan fingerprint density at radius 2 is 1.79 bits per heavy atom. The minimum Gasteiger partial charge on any atom is -0.316 e. The summed E-state index contributed by atoms with van der Waals surface area (Å²) in [6.07, 6.45) is 12.9. The van der Waals surface area contributed by atoms with Gasteiger partial charge in [0.2, 0.25) is 0 Å². The number of nitrogens with zero attached hydrogens (tertiary/aromatic N) is 1. The van der Waals surface area contributed by atoms with E-state index in [4.69, 9.17) is 0 Å². The second-order valence-electron chi connectivity index (χ2n) is 6.87. The largest absolute Gasteiger partial charge is 0.316 e. The summed E-state index contributed by atoms with van der Waals surface area (Å²) in [6.45, 7) is 9.70. The third kappa shape index (κ3) is 4.19. The van der Waals surface area contributed by atoms with E-state index in [1.807, 2.05) is 0 Å². The van der Waals surface area contributed by atoms with Gasteiger partial charge in [-0.25, -0.2) is 0 Å². The lowest BCUT2D eigenvalue weighted by Gasteiger charge is -2.39. The van der Waals surface area contributed by atoms with Crippen LogP contribution in [0.5, 0.6) is 0 Å². The van der Waals surface area contributed by atoms with Crippen molar-refractivity contribution in [3.8, 4) is 0 Å².